The fraction of sp³-hybridized carbons (Fsp3) is 0.250. The molecule has 48 valence electrons. The van der Waals surface area contributed by atoms with Crippen molar-refractivity contribution in [1.82, 2.24) is 0 Å². The highest BCUT2D eigenvalue weighted by Gasteiger charge is 2.48. The largest absolute Gasteiger partial charge is 0.595 e. The predicted molar refractivity (Wildman–Crippen MR) is 25.8 cm³/mol. The molecule has 1 aliphatic rings. The molecule has 0 saturated heterocycles. The Labute approximate surface area is 49.8 Å². The number of hydrogen-bond acceptors (Lipinski definition) is 2. The summed E-state index contributed by atoms with van der Waals surface area (Å²) in [7, 11) is 0. The second kappa shape index (κ2) is 1.54. The molecule has 0 radical (unpaired) electrons. The van der Waals surface area contributed by atoms with Gasteiger partial charge in [0.2, 0.25) is 6.21 Å². The summed E-state index contributed by atoms with van der Waals surface area (Å²) in [5.41, 5.74) is 0. The van der Waals surface area contributed by atoms with Crippen LogP contribution < -0.4 is 0 Å². The van der Waals surface area contributed by atoms with Gasteiger partial charge in [-0.05, 0) is 0 Å². The molecule has 0 spiro atoms. The zero-order chi connectivity index (χ0) is 7.02. The van der Waals surface area contributed by atoms with Crippen molar-refractivity contribution in [3.63, 3.8) is 0 Å². The van der Waals surface area contributed by atoms with Gasteiger partial charge in [0, 0.05) is 0 Å². The summed E-state index contributed by atoms with van der Waals surface area (Å²) >= 11 is 0. The van der Waals surface area contributed by atoms with Crippen molar-refractivity contribution in [1.29, 1.82) is 0 Å². The van der Waals surface area contributed by atoms with Crippen LogP contribution >= 0.6 is 0 Å². The molecular formula is C4H4NO4+. The number of carboxylic acids is 1. The van der Waals surface area contributed by atoms with Crippen molar-refractivity contribution in [3.05, 3.63) is 0 Å². The zero-order valence-corrected chi connectivity index (χ0v) is 4.31. The topological polar surface area (TPSA) is 77.6 Å². The third kappa shape index (κ3) is 0.883. The zero-order valence-electron chi connectivity index (χ0n) is 4.31. The number of amides is 1. The van der Waals surface area contributed by atoms with E-state index in [2.05, 4.69) is 0 Å². The highest BCUT2D eigenvalue weighted by atomic mass is 16.4. The molecule has 0 bridgehead atoms. The molecule has 2 N–H and O–H groups in total. The molecule has 1 amide bonds. The van der Waals surface area contributed by atoms with Crippen LogP contribution in [-0.2, 0) is 4.79 Å². The summed E-state index contributed by atoms with van der Waals surface area (Å²) in [4.78, 5) is 19.8. The fourth-order valence-corrected chi connectivity index (χ4v) is 0.479. The van der Waals surface area contributed by atoms with E-state index in [9.17, 15) is 9.59 Å². The molecule has 0 fully saturated rings. The lowest BCUT2D eigenvalue weighted by atomic mass is 10.5. The molecule has 0 aromatic rings. The molecule has 0 aromatic carbocycles. The number of nitrogens with zero attached hydrogens (tertiary/aromatic N) is 1. The number of carboxylic acid groups (broad SMARTS) is 2. The molecule has 0 aromatic heterocycles. The standard InChI is InChI=1S/C4H3NO4/c6-3(7)2-1-5(2)4(8)9/h1-2H,(H-,6,7,8,9)/p+1. The van der Waals surface area contributed by atoms with Gasteiger partial charge >= 0.3 is 18.1 Å². The van der Waals surface area contributed by atoms with Crippen LogP contribution in [0.25, 0.3) is 0 Å². The van der Waals surface area contributed by atoms with E-state index >= 15 is 0 Å². The first-order chi connectivity index (χ1) is 4.13. The second-order valence-electron chi connectivity index (χ2n) is 1.62. The first-order valence-electron chi connectivity index (χ1n) is 2.22. The third-order valence-corrected chi connectivity index (χ3v) is 0.986. The van der Waals surface area contributed by atoms with E-state index in [0.29, 0.717) is 0 Å². The lowest BCUT2D eigenvalue weighted by molar-refractivity contribution is -0.377. The van der Waals surface area contributed by atoms with Gasteiger partial charge < -0.3 is 10.2 Å². The number of rotatable bonds is 1. The Hall–Kier alpha value is -1.39. The van der Waals surface area contributed by atoms with Crippen LogP contribution in [0.15, 0.2) is 0 Å². The lowest BCUT2D eigenvalue weighted by Crippen LogP contribution is -2.17. The lowest BCUT2D eigenvalue weighted by Gasteiger charge is -1.77. The van der Waals surface area contributed by atoms with Crippen LogP contribution in [0.2, 0.25) is 0 Å². The quantitative estimate of drug-likeness (QED) is 0.456. The second-order valence-corrected chi connectivity index (χ2v) is 1.62. The number of aliphatic carboxylic acids is 1. The van der Waals surface area contributed by atoms with Crippen molar-refractivity contribution in [2.24, 2.45) is 0 Å². The predicted octanol–water partition coefficient (Wildman–Crippen LogP) is -0.785. The van der Waals surface area contributed by atoms with Gasteiger partial charge in [-0.15, -0.1) is 4.58 Å². The average Bonchev–Trinajstić information content (AvgIpc) is 2.39. The van der Waals surface area contributed by atoms with Crippen molar-refractivity contribution >= 4 is 18.3 Å². The van der Waals surface area contributed by atoms with E-state index < -0.39 is 18.1 Å². The smallest absolute Gasteiger partial charge is 0.476 e. The van der Waals surface area contributed by atoms with Gasteiger partial charge in [-0.1, -0.05) is 0 Å². The van der Waals surface area contributed by atoms with Crippen molar-refractivity contribution < 1.29 is 24.4 Å². The third-order valence-electron chi connectivity index (χ3n) is 0.986. The Bertz CT molecular complexity index is 207. The van der Waals surface area contributed by atoms with Gasteiger partial charge in [0.1, 0.15) is 0 Å². The van der Waals surface area contributed by atoms with Gasteiger partial charge in [-0.25, -0.2) is 4.79 Å². The maximum Gasteiger partial charge on any atom is 0.595 e. The average molecular weight is 130 g/mol. The van der Waals surface area contributed by atoms with Crippen LogP contribution in [0, 0.1) is 0 Å². The summed E-state index contributed by atoms with van der Waals surface area (Å²) in [6.45, 7) is 0. The molecule has 1 unspecified atom stereocenters. The Balaban J connectivity index is 2.49. The monoisotopic (exact) mass is 130 g/mol. The molecule has 5 nitrogen and oxygen atoms in total. The molecule has 1 rings (SSSR count). The first-order valence-corrected chi connectivity index (χ1v) is 2.22. The van der Waals surface area contributed by atoms with Crippen LogP contribution in [0.4, 0.5) is 4.79 Å². The van der Waals surface area contributed by atoms with Crippen LogP contribution in [0.3, 0.4) is 0 Å². The van der Waals surface area contributed by atoms with Crippen LogP contribution in [0.1, 0.15) is 0 Å². The Morgan fingerprint density at radius 3 is 2.11 bits per heavy atom. The number of hydrogen-bond donors (Lipinski definition) is 2. The van der Waals surface area contributed by atoms with Gasteiger partial charge in [0.25, 0.3) is 0 Å². The molecule has 1 atom stereocenters. The van der Waals surface area contributed by atoms with Crippen molar-refractivity contribution in [2.45, 2.75) is 6.04 Å². The number of carbonyl (C=O) groups is 2. The van der Waals surface area contributed by atoms with Crippen LogP contribution in [0.5, 0.6) is 0 Å². The summed E-state index contributed by atoms with van der Waals surface area (Å²) in [6.07, 6.45) is -0.104. The van der Waals surface area contributed by atoms with Crippen LogP contribution in [-0.4, -0.2) is 39.1 Å². The summed E-state index contributed by atoms with van der Waals surface area (Å²) < 4.78 is 0.725. The van der Waals surface area contributed by atoms with Gasteiger partial charge in [-0.2, -0.15) is 4.79 Å². The SMILES string of the molecule is O=C(O)C1C=[N+]1C(=O)O. The van der Waals surface area contributed by atoms with Gasteiger partial charge in [0.15, 0.2) is 0 Å². The normalized spacial score (nSPS) is 22.7. The van der Waals surface area contributed by atoms with E-state index in [0.717, 1.165) is 10.8 Å². The van der Waals surface area contributed by atoms with E-state index in [4.69, 9.17) is 10.2 Å². The van der Waals surface area contributed by atoms with E-state index in [1.54, 1.807) is 0 Å². The highest BCUT2D eigenvalue weighted by molar-refractivity contribution is 5.98. The van der Waals surface area contributed by atoms with E-state index in [-0.39, 0.29) is 0 Å². The van der Waals surface area contributed by atoms with Gasteiger partial charge in [0.05, 0.1) is 0 Å². The van der Waals surface area contributed by atoms with E-state index in [1.807, 2.05) is 0 Å². The van der Waals surface area contributed by atoms with E-state index in [1.165, 1.54) is 0 Å². The molecular weight excluding hydrogens is 126 g/mol. The summed E-state index contributed by atoms with van der Waals surface area (Å²) in [6, 6.07) is -0.914. The highest BCUT2D eigenvalue weighted by Crippen LogP contribution is 2.01. The fourth-order valence-electron chi connectivity index (χ4n) is 0.479. The summed E-state index contributed by atoms with van der Waals surface area (Å²) in [5, 5.41) is 16.2. The van der Waals surface area contributed by atoms with Gasteiger partial charge in [-0.3, -0.25) is 0 Å². The maximum atomic E-state index is 9.94. The Morgan fingerprint density at radius 2 is 2.00 bits per heavy atom. The molecule has 5 heteroatoms. The maximum absolute atomic E-state index is 9.94. The minimum atomic E-state index is -1.22. The molecule has 1 aliphatic heterocycles. The Kier molecular flexibility index (Phi) is 0.985. The molecule has 0 aliphatic carbocycles. The van der Waals surface area contributed by atoms with Crippen molar-refractivity contribution in [3.8, 4) is 0 Å². The first kappa shape index (κ1) is 5.74. The minimum Gasteiger partial charge on any atom is -0.476 e. The minimum absolute atomic E-state index is 0.725. The van der Waals surface area contributed by atoms with Crippen molar-refractivity contribution in [2.75, 3.05) is 0 Å². The Morgan fingerprint density at radius 1 is 1.44 bits per heavy atom. The molecule has 9 heavy (non-hydrogen) atoms. The molecule has 1 heterocycles. The molecule has 0 saturated carbocycles. The summed E-state index contributed by atoms with van der Waals surface area (Å²) in [5.74, 6) is -1.13.